The molecule has 0 spiro atoms. The topological polar surface area (TPSA) is 20.3 Å². The molecule has 0 saturated heterocycles. The average molecular weight is 345 g/mol. The standard InChI is InChI=1S/C14H20INO/c1-3-4-5-10-16(2)11-14(17)12-6-8-13(15)9-7-12/h6-9H,3-5,10-11H2,1-2H3. The van der Waals surface area contributed by atoms with Gasteiger partial charge in [-0.25, -0.2) is 0 Å². The second kappa shape index (κ2) is 7.82. The van der Waals surface area contributed by atoms with Crippen LogP contribution in [0.3, 0.4) is 0 Å². The van der Waals surface area contributed by atoms with E-state index in [1.54, 1.807) is 0 Å². The number of unbranched alkanes of at least 4 members (excludes halogenated alkanes) is 2. The molecule has 0 atom stereocenters. The molecule has 0 saturated carbocycles. The molecule has 0 amide bonds. The van der Waals surface area contributed by atoms with Crippen molar-refractivity contribution in [1.82, 2.24) is 4.90 Å². The second-order valence-electron chi connectivity index (χ2n) is 4.37. The Morgan fingerprint density at radius 3 is 2.47 bits per heavy atom. The summed E-state index contributed by atoms with van der Waals surface area (Å²) < 4.78 is 1.16. The molecule has 0 aromatic heterocycles. The number of rotatable bonds is 7. The maximum atomic E-state index is 12.0. The van der Waals surface area contributed by atoms with E-state index in [9.17, 15) is 4.79 Å². The summed E-state index contributed by atoms with van der Waals surface area (Å²) in [5.74, 6) is 0.209. The molecule has 0 radical (unpaired) electrons. The molecule has 17 heavy (non-hydrogen) atoms. The van der Waals surface area contributed by atoms with E-state index in [1.807, 2.05) is 31.3 Å². The van der Waals surface area contributed by atoms with Gasteiger partial charge in [-0.2, -0.15) is 0 Å². The number of ketones is 1. The fourth-order valence-corrected chi connectivity index (χ4v) is 2.04. The number of benzene rings is 1. The minimum atomic E-state index is 0.209. The second-order valence-corrected chi connectivity index (χ2v) is 5.62. The highest BCUT2D eigenvalue weighted by atomic mass is 127. The van der Waals surface area contributed by atoms with Crippen LogP contribution in [0.5, 0.6) is 0 Å². The molecule has 1 rings (SSSR count). The van der Waals surface area contributed by atoms with E-state index in [-0.39, 0.29) is 5.78 Å². The summed E-state index contributed by atoms with van der Waals surface area (Å²) in [6.07, 6.45) is 3.63. The summed E-state index contributed by atoms with van der Waals surface area (Å²) in [7, 11) is 2.01. The van der Waals surface area contributed by atoms with Crippen LogP contribution in [0, 0.1) is 3.57 Å². The fourth-order valence-electron chi connectivity index (χ4n) is 1.68. The third-order valence-electron chi connectivity index (χ3n) is 2.72. The lowest BCUT2D eigenvalue weighted by Gasteiger charge is -2.15. The van der Waals surface area contributed by atoms with E-state index in [4.69, 9.17) is 0 Å². The molecular weight excluding hydrogens is 325 g/mol. The van der Waals surface area contributed by atoms with Gasteiger partial charge in [0.15, 0.2) is 5.78 Å². The van der Waals surface area contributed by atoms with Gasteiger partial charge in [0, 0.05) is 9.13 Å². The summed E-state index contributed by atoms with van der Waals surface area (Å²) >= 11 is 2.25. The zero-order chi connectivity index (χ0) is 12.7. The Hall–Kier alpha value is -0.420. The molecule has 2 nitrogen and oxygen atoms in total. The zero-order valence-corrected chi connectivity index (χ0v) is 12.7. The lowest BCUT2D eigenvalue weighted by atomic mass is 10.1. The Morgan fingerprint density at radius 2 is 1.88 bits per heavy atom. The summed E-state index contributed by atoms with van der Waals surface area (Å²) in [4.78, 5) is 14.1. The molecule has 3 heteroatoms. The highest BCUT2D eigenvalue weighted by molar-refractivity contribution is 14.1. The van der Waals surface area contributed by atoms with E-state index in [1.165, 1.54) is 19.3 Å². The Morgan fingerprint density at radius 1 is 1.24 bits per heavy atom. The van der Waals surface area contributed by atoms with Crippen molar-refractivity contribution in [2.45, 2.75) is 26.2 Å². The van der Waals surface area contributed by atoms with Crippen LogP contribution in [0.1, 0.15) is 36.5 Å². The Balaban J connectivity index is 2.40. The molecule has 1 aromatic carbocycles. The van der Waals surface area contributed by atoms with Gasteiger partial charge in [-0.3, -0.25) is 9.69 Å². The molecule has 0 aliphatic heterocycles. The van der Waals surface area contributed by atoms with Crippen LogP contribution < -0.4 is 0 Å². The lowest BCUT2D eigenvalue weighted by Crippen LogP contribution is -2.27. The van der Waals surface area contributed by atoms with Crippen LogP contribution in [0.2, 0.25) is 0 Å². The highest BCUT2D eigenvalue weighted by Crippen LogP contribution is 2.08. The van der Waals surface area contributed by atoms with Crippen molar-refractivity contribution in [3.8, 4) is 0 Å². The predicted molar refractivity (Wildman–Crippen MR) is 80.5 cm³/mol. The Labute approximate surface area is 118 Å². The van der Waals surface area contributed by atoms with Gasteiger partial charge in [0.05, 0.1) is 6.54 Å². The minimum Gasteiger partial charge on any atom is -0.299 e. The maximum absolute atomic E-state index is 12.0. The van der Waals surface area contributed by atoms with Gasteiger partial charge in [-0.1, -0.05) is 31.9 Å². The van der Waals surface area contributed by atoms with Crippen molar-refractivity contribution < 1.29 is 4.79 Å². The maximum Gasteiger partial charge on any atom is 0.176 e. The minimum absolute atomic E-state index is 0.209. The number of hydrogen-bond donors (Lipinski definition) is 0. The third kappa shape index (κ3) is 5.64. The normalized spacial score (nSPS) is 10.8. The molecule has 0 unspecified atom stereocenters. The summed E-state index contributed by atoms with van der Waals surface area (Å²) in [5, 5.41) is 0. The van der Waals surface area contributed by atoms with Crippen molar-refractivity contribution in [3.05, 3.63) is 33.4 Å². The molecule has 94 valence electrons. The number of Topliss-reactive ketones (excluding diaryl/α,β-unsaturated/α-hetero) is 1. The van der Waals surface area contributed by atoms with Crippen molar-refractivity contribution in [2.75, 3.05) is 20.1 Å². The van der Waals surface area contributed by atoms with Gasteiger partial charge in [0.2, 0.25) is 0 Å². The predicted octanol–water partition coefficient (Wildman–Crippen LogP) is 3.60. The molecule has 0 fully saturated rings. The first-order valence-corrected chi connectivity index (χ1v) is 7.18. The van der Waals surface area contributed by atoms with Crippen LogP contribution in [0.15, 0.2) is 24.3 Å². The quantitative estimate of drug-likeness (QED) is 0.428. The molecule has 0 aliphatic rings. The number of carbonyl (C=O) groups is 1. The summed E-state index contributed by atoms with van der Waals surface area (Å²) in [6, 6.07) is 7.77. The van der Waals surface area contributed by atoms with Crippen molar-refractivity contribution >= 4 is 28.4 Å². The number of halogens is 1. The van der Waals surface area contributed by atoms with Crippen molar-refractivity contribution in [2.24, 2.45) is 0 Å². The van der Waals surface area contributed by atoms with Crippen LogP contribution in [0.25, 0.3) is 0 Å². The third-order valence-corrected chi connectivity index (χ3v) is 3.44. The monoisotopic (exact) mass is 345 g/mol. The first kappa shape index (κ1) is 14.6. The van der Waals surface area contributed by atoms with Crippen LogP contribution in [-0.4, -0.2) is 30.8 Å². The molecule has 0 heterocycles. The first-order valence-electron chi connectivity index (χ1n) is 6.10. The van der Waals surface area contributed by atoms with Gasteiger partial charge in [-0.05, 0) is 54.7 Å². The fraction of sp³-hybridized carbons (Fsp3) is 0.500. The van der Waals surface area contributed by atoms with E-state index in [0.717, 1.165) is 15.7 Å². The van der Waals surface area contributed by atoms with Gasteiger partial charge in [0.25, 0.3) is 0 Å². The van der Waals surface area contributed by atoms with Crippen LogP contribution >= 0.6 is 22.6 Å². The van der Waals surface area contributed by atoms with Crippen molar-refractivity contribution in [1.29, 1.82) is 0 Å². The lowest BCUT2D eigenvalue weighted by molar-refractivity contribution is 0.0945. The van der Waals surface area contributed by atoms with Gasteiger partial charge < -0.3 is 0 Å². The van der Waals surface area contributed by atoms with E-state index < -0.39 is 0 Å². The number of nitrogens with zero attached hydrogens (tertiary/aromatic N) is 1. The largest absolute Gasteiger partial charge is 0.299 e. The van der Waals surface area contributed by atoms with Gasteiger partial charge in [-0.15, -0.1) is 0 Å². The van der Waals surface area contributed by atoms with E-state index in [0.29, 0.717) is 6.54 Å². The zero-order valence-electron chi connectivity index (χ0n) is 10.6. The van der Waals surface area contributed by atoms with Crippen LogP contribution in [-0.2, 0) is 0 Å². The van der Waals surface area contributed by atoms with Crippen molar-refractivity contribution in [3.63, 3.8) is 0 Å². The highest BCUT2D eigenvalue weighted by Gasteiger charge is 2.08. The SMILES string of the molecule is CCCCCN(C)CC(=O)c1ccc(I)cc1. The molecule has 0 N–H and O–H groups in total. The molecule has 0 bridgehead atoms. The van der Waals surface area contributed by atoms with E-state index >= 15 is 0 Å². The first-order chi connectivity index (χ1) is 8.13. The van der Waals surface area contributed by atoms with Gasteiger partial charge in [0.1, 0.15) is 0 Å². The summed E-state index contributed by atoms with van der Waals surface area (Å²) in [6.45, 7) is 3.71. The molecule has 1 aromatic rings. The average Bonchev–Trinajstić information content (AvgIpc) is 2.30. The Bertz CT molecular complexity index is 348. The number of carbonyl (C=O) groups excluding carboxylic acids is 1. The number of hydrogen-bond acceptors (Lipinski definition) is 2. The summed E-state index contributed by atoms with van der Waals surface area (Å²) in [5.41, 5.74) is 0.813. The van der Waals surface area contributed by atoms with Gasteiger partial charge >= 0.3 is 0 Å². The molecule has 0 aliphatic carbocycles. The van der Waals surface area contributed by atoms with E-state index in [2.05, 4.69) is 34.4 Å². The smallest absolute Gasteiger partial charge is 0.176 e. The Kier molecular flexibility index (Phi) is 6.73. The number of likely N-dealkylation sites (N-methyl/N-ethyl adjacent to an activating group) is 1. The van der Waals surface area contributed by atoms with Crippen LogP contribution in [0.4, 0.5) is 0 Å². The molecular formula is C14H20INO.